The lowest BCUT2D eigenvalue weighted by Gasteiger charge is -2.09. The third kappa shape index (κ3) is 5.63. The Labute approximate surface area is 101 Å². The van der Waals surface area contributed by atoms with Gasteiger partial charge in [0.25, 0.3) is 0 Å². The fourth-order valence-electron chi connectivity index (χ4n) is 1.20. The highest BCUT2D eigenvalue weighted by molar-refractivity contribution is 7.80. The summed E-state index contributed by atoms with van der Waals surface area (Å²) in [6, 6.07) is 4.01. The van der Waals surface area contributed by atoms with Crippen molar-refractivity contribution in [2.24, 2.45) is 0 Å². The van der Waals surface area contributed by atoms with Gasteiger partial charge in [0.2, 0.25) is 0 Å². The van der Waals surface area contributed by atoms with Gasteiger partial charge in [-0.2, -0.15) is 0 Å². The van der Waals surface area contributed by atoms with Gasteiger partial charge in [0.05, 0.1) is 6.61 Å². The predicted molar refractivity (Wildman–Crippen MR) is 68.4 cm³/mol. The van der Waals surface area contributed by atoms with Gasteiger partial charge in [-0.3, -0.25) is 4.98 Å². The zero-order chi connectivity index (χ0) is 11.6. The molecular formula is C11H17N3OS. The number of nitrogens with one attached hydrogen (secondary N) is 2. The van der Waals surface area contributed by atoms with Crippen LogP contribution in [0, 0.1) is 0 Å². The molecule has 0 fully saturated rings. The van der Waals surface area contributed by atoms with Crippen molar-refractivity contribution >= 4 is 17.3 Å². The van der Waals surface area contributed by atoms with E-state index in [4.69, 9.17) is 17.0 Å². The van der Waals surface area contributed by atoms with Gasteiger partial charge in [-0.15, -0.1) is 0 Å². The highest BCUT2D eigenvalue weighted by Gasteiger charge is 1.95. The summed E-state index contributed by atoms with van der Waals surface area (Å²) in [5, 5.41) is 6.86. The zero-order valence-electron chi connectivity index (χ0n) is 9.40. The van der Waals surface area contributed by atoms with E-state index in [-0.39, 0.29) is 0 Å². The van der Waals surface area contributed by atoms with Gasteiger partial charge < -0.3 is 15.4 Å². The van der Waals surface area contributed by atoms with Gasteiger partial charge >= 0.3 is 0 Å². The van der Waals surface area contributed by atoms with Crippen LogP contribution in [0.1, 0.15) is 5.56 Å². The van der Waals surface area contributed by atoms with Crippen LogP contribution in [-0.2, 0) is 11.2 Å². The standard InChI is InChI=1S/C11H17N3OS/c1-15-9-8-14-11(16)13-7-4-10-2-5-12-6-3-10/h2-3,5-6H,4,7-9H2,1H3,(H2,13,14,16). The zero-order valence-corrected chi connectivity index (χ0v) is 10.2. The Kier molecular flexibility index (Phi) is 6.44. The molecule has 1 rings (SSSR count). The van der Waals surface area contributed by atoms with Gasteiger partial charge in [-0.1, -0.05) is 0 Å². The molecule has 0 aliphatic rings. The van der Waals surface area contributed by atoms with Gasteiger partial charge in [0.15, 0.2) is 5.11 Å². The van der Waals surface area contributed by atoms with Crippen LogP contribution >= 0.6 is 12.2 Å². The number of hydrogen-bond acceptors (Lipinski definition) is 3. The number of nitrogens with zero attached hydrogens (tertiary/aromatic N) is 1. The van der Waals surface area contributed by atoms with E-state index in [1.165, 1.54) is 5.56 Å². The summed E-state index contributed by atoms with van der Waals surface area (Å²) in [5.41, 5.74) is 1.25. The second kappa shape index (κ2) is 8.01. The number of methoxy groups -OCH3 is 1. The number of rotatable bonds is 6. The fourth-order valence-corrected chi connectivity index (χ4v) is 1.40. The Morgan fingerprint density at radius 2 is 2.00 bits per heavy atom. The van der Waals surface area contributed by atoms with Gasteiger partial charge in [0, 0.05) is 32.6 Å². The minimum atomic E-state index is 0.659. The molecule has 0 aromatic carbocycles. The molecule has 88 valence electrons. The maximum Gasteiger partial charge on any atom is 0.166 e. The highest BCUT2D eigenvalue weighted by Crippen LogP contribution is 1.95. The molecule has 16 heavy (non-hydrogen) atoms. The van der Waals surface area contributed by atoms with E-state index < -0.39 is 0 Å². The largest absolute Gasteiger partial charge is 0.383 e. The van der Waals surface area contributed by atoms with E-state index in [1.807, 2.05) is 12.1 Å². The van der Waals surface area contributed by atoms with Crippen molar-refractivity contribution in [3.8, 4) is 0 Å². The molecule has 1 heterocycles. The lowest BCUT2D eigenvalue weighted by Crippen LogP contribution is -2.37. The van der Waals surface area contributed by atoms with E-state index in [0.717, 1.165) is 19.5 Å². The molecule has 1 aromatic heterocycles. The first-order chi connectivity index (χ1) is 7.83. The Balaban J connectivity index is 2.09. The maximum absolute atomic E-state index is 5.09. The summed E-state index contributed by atoms with van der Waals surface area (Å²) in [5.74, 6) is 0. The predicted octanol–water partition coefficient (Wildman–Crippen LogP) is 0.735. The molecule has 0 bridgehead atoms. The number of ether oxygens (including phenoxy) is 1. The van der Waals surface area contributed by atoms with Crippen LogP contribution in [0.2, 0.25) is 0 Å². The first-order valence-corrected chi connectivity index (χ1v) is 5.63. The molecule has 2 N–H and O–H groups in total. The minimum Gasteiger partial charge on any atom is -0.383 e. The molecule has 0 aliphatic heterocycles. The smallest absolute Gasteiger partial charge is 0.166 e. The summed E-state index contributed by atoms with van der Waals surface area (Å²) in [7, 11) is 1.67. The molecular weight excluding hydrogens is 222 g/mol. The van der Waals surface area contributed by atoms with Crippen molar-refractivity contribution in [1.82, 2.24) is 15.6 Å². The van der Waals surface area contributed by atoms with Crippen LogP contribution in [0.5, 0.6) is 0 Å². The third-order valence-electron chi connectivity index (χ3n) is 2.04. The summed E-state index contributed by atoms with van der Waals surface area (Å²) < 4.78 is 4.91. The molecule has 0 saturated carbocycles. The fraction of sp³-hybridized carbons (Fsp3) is 0.455. The molecule has 0 atom stereocenters. The third-order valence-corrected chi connectivity index (χ3v) is 2.33. The molecule has 5 heteroatoms. The topological polar surface area (TPSA) is 46.2 Å². The van der Waals surface area contributed by atoms with E-state index in [0.29, 0.717) is 11.7 Å². The Hall–Kier alpha value is -1.20. The quantitative estimate of drug-likeness (QED) is 0.566. The summed E-state index contributed by atoms with van der Waals surface area (Å²) in [4.78, 5) is 3.97. The molecule has 0 radical (unpaired) electrons. The summed E-state index contributed by atoms with van der Waals surface area (Å²) in [6.07, 6.45) is 4.53. The number of aromatic nitrogens is 1. The number of thiocarbonyl (C=S) groups is 1. The van der Waals surface area contributed by atoms with Crippen LogP contribution in [0.25, 0.3) is 0 Å². The van der Waals surface area contributed by atoms with Gasteiger partial charge in [-0.25, -0.2) is 0 Å². The highest BCUT2D eigenvalue weighted by atomic mass is 32.1. The van der Waals surface area contributed by atoms with Gasteiger partial charge in [0.1, 0.15) is 0 Å². The van der Waals surface area contributed by atoms with Crippen LogP contribution in [0.4, 0.5) is 0 Å². The first-order valence-electron chi connectivity index (χ1n) is 5.22. The minimum absolute atomic E-state index is 0.659. The summed E-state index contributed by atoms with van der Waals surface area (Å²) >= 11 is 5.09. The van der Waals surface area contributed by atoms with Crippen molar-refractivity contribution in [2.45, 2.75) is 6.42 Å². The van der Waals surface area contributed by atoms with Crippen LogP contribution in [0.3, 0.4) is 0 Å². The van der Waals surface area contributed by atoms with E-state index >= 15 is 0 Å². The Bertz CT molecular complexity index is 305. The van der Waals surface area contributed by atoms with Crippen molar-refractivity contribution in [3.63, 3.8) is 0 Å². The van der Waals surface area contributed by atoms with Gasteiger partial charge in [-0.05, 0) is 36.3 Å². The molecule has 1 aromatic rings. The molecule has 0 unspecified atom stereocenters. The lowest BCUT2D eigenvalue weighted by atomic mass is 10.2. The lowest BCUT2D eigenvalue weighted by molar-refractivity contribution is 0.204. The van der Waals surface area contributed by atoms with E-state index in [9.17, 15) is 0 Å². The second-order valence-corrected chi connectivity index (χ2v) is 3.69. The maximum atomic E-state index is 5.09. The van der Waals surface area contributed by atoms with Crippen LogP contribution in [0.15, 0.2) is 24.5 Å². The molecule has 0 aliphatic carbocycles. The van der Waals surface area contributed by atoms with Crippen molar-refractivity contribution in [1.29, 1.82) is 0 Å². The van der Waals surface area contributed by atoms with Crippen molar-refractivity contribution < 1.29 is 4.74 Å². The van der Waals surface area contributed by atoms with Crippen molar-refractivity contribution in [2.75, 3.05) is 26.8 Å². The van der Waals surface area contributed by atoms with Crippen molar-refractivity contribution in [3.05, 3.63) is 30.1 Å². The Morgan fingerprint density at radius 3 is 2.69 bits per heavy atom. The SMILES string of the molecule is COCCNC(=S)NCCc1ccncc1. The monoisotopic (exact) mass is 239 g/mol. The Morgan fingerprint density at radius 1 is 1.31 bits per heavy atom. The first kappa shape index (κ1) is 12.9. The number of hydrogen-bond donors (Lipinski definition) is 2. The van der Waals surface area contributed by atoms with E-state index in [2.05, 4.69) is 15.6 Å². The molecule has 0 saturated heterocycles. The average Bonchev–Trinajstić information content (AvgIpc) is 2.31. The molecule has 0 amide bonds. The molecule has 4 nitrogen and oxygen atoms in total. The number of pyridine rings is 1. The van der Waals surface area contributed by atoms with E-state index in [1.54, 1.807) is 19.5 Å². The van der Waals surface area contributed by atoms with Crippen LogP contribution < -0.4 is 10.6 Å². The average molecular weight is 239 g/mol. The molecule has 0 spiro atoms. The summed E-state index contributed by atoms with van der Waals surface area (Å²) in [6.45, 7) is 2.21. The normalized spacial score (nSPS) is 9.81. The second-order valence-electron chi connectivity index (χ2n) is 3.28. The van der Waals surface area contributed by atoms with Crippen LogP contribution in [-0.4, -0.2) is 36.9 Å².